The second kappa shape index (κ2) is 10.7. The number of carbonyl (C=O) groups excluding carboxylic acids is 1. The molecule has 6 nitrogen and oxygen atoms in total. The van der Waals surface area contributed by atoms with E-state index in [1.54, 1.807) is 25.3 Å². The number of benzene rings is 3. The maximum atomic E-state index is 13.0. The van der Waals surface area contributed by atoms with Crippen molar-refractivity contribution in [2.24, 2.45) is 5.92 Å². The van der Waals surface area contributed by atoms with Gasteiger partial charge < -0.3 is 10.1 Å². The Bertz CT molecular complexity index is 1200. The van der Waals surface area contributed by atoms with Crippen molar-refractivity contribution in [1.29, 1.82) is 0 Å². The van der Waals surface area contributed by atoms with E-state index >= 15 is 0 Å². The number of sulfonamides is 1. The number of hydrogen-bond donors (Lipinski definition) is 2. The highest BCUT2D eigenvalue weighted by Crippen LogP contribution is 2.27. The molecule has 0 bridgehead atoms. The van der Waals surface area contributed by atoms with Crippen LogP contribution in [0.25, 0.3) is 0 Å². The summed E-state index contributed by atoms with van der Waals surface area (Å²) < 4.78 is 32.8. The zero-order valence-corrected chi connectivity index (χ0v) is 20.3. The Morgan fingerprint density at radius 2 is 1.67 bits per heavy atom. The molecular formula is C25H27ClN2O4S. The molecule has 2 N–H and O–H groups in total. The molecule has 8 heteroatoms. The van der Waals surface area contributed by atoms with Crippen LogP contribution in [0.5, 0.6) is 5.75 Å². The normalized spacial score (nSPS) is 12.3. The molecule has 0 aromatic heterocycles. The van der Waals surface area contributed by atoms with Crippen molar-refractivity contribution >= 4 is 33.2 Å². The van der Waals surface area contributed by atoms with Crippen molar-refractivity contribution < 1.29 is 17.9 Å². The van der Waals surface area contributed by atoms with Crippen LogP contribution in [-0.4, -0.2) is 21.4 Å². The summed E-state index contributed by atoms with van der Waals surface area (Å²) in [5, 5.41) is 3.20. The predicted octanol–water partition coefficient (Wildman–Crippen LogP) is 5.67. The quantitative estimate of drug-likeness (QED) is 0.408. The Balaban J connectivity index is 1.78. The summed E-state index contributed by atoms with van der Waals surface area (Å²) in [6.07, 6.45) is 0.741. The first-order chi connectivity index (χ1) is 15.7. The number of rotatable bonds is 9. The van der Waals surface area contributed by atoms with Crippen LogP contribution in [0.2, 0.25) is 5.02 Å². The first kappa shape index (κ1) is 24.6. The van der Waals surface area contributed by atoms with Gasteiger partial charge in [-0.05, 0) is 60.4 Å². The molecule has 3 aromatic rings. The van der Waals surface area contributed by atoms with Gasteiger partial charge >= 0.3 is 0 Å². The standard InChI is InChI=1S/C25H27ClN2O4S/c1-17(2)15-24(18-9-12-20(32-3)13-10-18)27-25(29)22-14-11-19(16-23(22)26)28-33(30,31)21-7-5-4-6-8-21/h4-14,16-17,24,28H,15H2,1-3H3,(H,27,29)/t24-/m0/s1. The molecule has 0 heterocycles. The van der Waals surface area contributed by atoms with E-state index in [4.69, 9.17) is 16.3 Å². The number of methoxy groups -OCH3 is 1. The van der Waals surface area contributed by atoms with E-state index in [2.05, 4.69) is 23.9 Å². The molecule has 0 fully saturated rings. The average Bonchev–Trinajstić information content (AvgIpc) is 2.78. The summed E-state index contributed by atoms with van der Waals surface area (Å²) >= 11 is 6.36. The number of amides is 1. The van der Waals surface area contributed by atoms with E-state index in [1.807, 2.05) is 24.3 Å². The van der Waals surface area contributed by atoms with Gasteiger partial charge in [0.15, 0.2) is 0 Å². The van der Waals surface area contributed by atoms with Crippen molar-refractivity contribution in [1.82, 2.24) is 5.32 Å². The molecule has 33 heavy (non-hydrogen) atoms. The molecule has 3 rings (SSSR count). The summed E-state index contributed by atoms with van der Waals surface area (Å²) in [5.74, 6) is 0.756. The molecule has 0 spiro atoms. The monoisotopic (exact) mass is 486 g/mol. The fraction of sp³-hybridized carbons (Fsp3) is 0.240. The average molecular weight is 487 g/mol. The largest absolute Gasteiger partial charge is 0.497 e. The fourth-order valence-corrected chi connectivity index (χ4v) is 4.74. The lowest BCUT2D eigenvalue weighted by atomic mass is 9.96. The maximum absolute atomic E-state index is 13.0. The van der Waals surface area contributed by atoms with Crippen LogP contribution in [0.1, 0.15) is 42.2 Å². The highest BCUT2D eigenvalue weighted by Gasteiger charge is 2.20. The van der Waals surface area contributed by atoms with Gasteiger partial charge in [-0.3, -0.25) is 9.52 Å². The van der Waals surface area contributed by atoms with Crippen LogP contribution in [0.3, 0.4) is 0 Å². The van der Waals surface area contributed by atoms with E-state index in [0.29, 0.717) is 5.92 Å². The van der Waals surface area contributed by atoms with Gasteiger partial charge in [-0.1, -0.05) is 55.8 Å². The van der Waals surface area contributed by atoms with Gasteiger partial charge in [0.2, 0.25) is 0 Å². The zero-order chi connectivity index (χ0) is 24.0. The van der Waals surface area contributed by atoms with Crippen LogP contribution < -0.4 is 14.8 Å². The molecule has 174 valence electrons. The van der Waals surface area contributed by atoms with Crippen LogP contribution in [0, 0.1) is 5.92 Å². The van der Waals surface area contributed by atoms with E-state index in [-0.39, 0.29) is 33.1 Å². The van der Waals surface area contributed by atoms with Gasteiger partial charge in [-0.15, -0.1) is 0 Å². The Morgan fingerprint density at radius 1 is 1.00 bits per heavy atom. The Hall–Kier alpha value is -3.03. The maximum Gasteiger partial charge on any atom is 0.261 e. The highest BCUT2D eigenvalue weighted by molar-refractivity contribution is 7.92. The summed E-state index contributed by atoms with van der Waals surface area (Å²) in [7, 11) is -2.15. The zero-order valence-electron chi connectivity index (χ0n) is 18.7. The van der Waals surface area contributed by atoms with E-state index < -0.39 is 10.0 Å². The number of carbonyl (C=O) groups is 1. The number of hydrogen-bond acceptors (Lipinski definition) is 4. The van der Waals surface area contributed by atoms with Crippen molar-refractivity contribution in [3.63, 3.8) is 0 Å². The molecule has 0 unspecified atom stereocenters. The van der Waals surface area contributed by atoms with E-state index in [9.17, 15) is 13.2 Å². The van der Waals surface area contributed by atoms with Gasteiger partial charge in [0.05, 0.1) is 34.3 Å². The van der Waals surface area contributed by atoms with Crippen LogP contribution in [0.4, 0.5) is 5.69 Å². The third-order valence-electron chi connectivity index (χ3n) is 5.05. The number of halogens is 1. The molecular weight excluding hydrogens is 460 g/mol. The molecule has 3 aromatic carbocycles. The minimum Gasteiger partial charge on any atom is -0.497 e. The minimum absolute atomic E-state index is 0.138. The molecule has 0 aliphatic heterocycles. The first-order valence-electron chi connectivity index (χ1n) is 10.5. The molecule has 1 atom stereocenters. The fourth-order valence-electron chi connectivity index (χ4n) is 3.40. The van der Waals surface area contributed by atoms with E-state index in [1.165, 1.54) is 30.3 Å². The van der Waals surface area contributed by atoms with Gasteiger partial charge in [0.1, 0.15) is 5.75 Å². The molecule has 1 amide bonds. The third-order valence-corrected chi connectivity index (χ3v) is 6.76. The Kier molecular flexibility index (Phi) is 8.00. The third kappa shape index (κ3) is 6.49. The lowest BCUT2D eigenvalue weighted by Crippen LogP contribution is -2.29. The Labute approximate surface area is 200 Å². The second-order valence-corrected chi connectivity index (χ2v) is 10.1. The predicted molar refractivity (Wildman–Crippen MR) is 131 cm³/mol. The summed E-state index contributed by atoms with van der Waals surface area (Å²) in [6.45, 7) is 4.17. The second-order valence-electron chi connectivity index (χ2n) is 8.04. The number of anilines is 1. The van der Waals surface area contributed by atoms with Crippen molar-refractivity contribution in [3.05, 3.63) is 88.9 Å². The molecule has 0 aliphatic rings. The van der Waals surface area contributed by atoms with Crippen molar-refractivity contribution in [3.8, 4) is 5.75 Å². The SMILES string of the molecule is COc1ccc([C@H](CC(C)C)NC(=O)c2ccc(NS(=O)(=O)c3ccccc3)cc2Cl)cc1. The highest BCUT2D eigenvalue weighted by atomic mass is 35.5. The lowest BCUT2D eigenvalue weighted by molar-refractivity contribution is 0.0932. The van der Waals surface area contributed by atoms with E-state index in [0.717, 1.165) is 17.7 Å². The number of nitrogens with one attached hydrogen (secondary N) is 2. The minimum atomic E-state index is -3.76. The van der Waals surface area contributed by atoms with Gasteiger partial charge in [-0.25, -0.2) is 8.42 Å². The van der Waals surface area contributed by atoms with Crippen LogP contribution >= 0.6 is 11.6 Å². The lowest BCUT2D eigenvalue weighted by Gasteiger charge is -2.22. The van der Waals surface area contributed by atoms with Gasteiger partial charge in [-0.2, -0.15) is 0 Å². The van der Waals surface area contributed by atoms with Gasteiger partial charge in [0, 0.05) is 0 Å². The molecule has 0 saturated carbocycles. The molecule has 0 saturated heterocycles. The van der Waals surface area contributed by atoms with Crippen LogP contribution in [-0.2, 0) is 10.0 Å². The summed E-state index contributed by atoms with van der Waals surface area (Å²) in [6, 6.07) is 19.8. The summed E-state index contributed by atoms with van der Waals surface area (Å²) in [5.41, 5.74) is 1.50. The topological polar surface area (TPSA) is 84.5 Å². The Morgan fingerprint density at radius 3 is 2.24 bits per heavy atom. The van der Waals surface area contributed by atoms with Crippen LogP contribution in [0.15, 0.2) is 77.7 Å². The van der Waals surface area contributed by atoms with Crippen molar-refractivity contribution in [2.45, 2.75) is 31.2 Å². The molecule has 0 radical (unpaired) electrons. The van der Waals surface area contributed by atoms with Gasteiger partial charge in [0.25, 0.3) is 15.9 Å². The van der Waals surface area contributed by atoms with Crippen molar-refractivity contribution in [2.75, 3.05) is 11.8 Å². The smallest absolute Gasteiger partial charge is 0.261 e. The molecule has 0 aliphatic carbocycles. The first-order valence-corrected chi connectivity index (χ1v) is 12.4. The summed E-state index contributed by atoms with van der Waals surface area (Å²) in [4.78, 5) is 13.2. The number of ether oxygens (including phenoxy) is 1.